The summed E-state index contributed by atoms with van der Waals surface area (Å²) in [5, 5.41) is 19.6. The SMILES string of the molecule is CC[C@H](C)[C@@H]1NC(=O)[C@@H](Cc2c[nH]c3ccccc23)NC(=O)CC2(CCSCC2)SSC(C)(C)[C@@H](C(=O)N2CCC[C@H]2C(=O)N[C@@H](CCCN=C(N)N)C(=O)NCC(N)=O)NC(=O)[C@H](CC(N)=O)NC(=O)[C@H](CCC(N)=O)NC1=O. The molecule has 18 N–H and O–H groups in total. The van der Waals surface area contributed by atoms with Crippen molar-refractivity contribution < 1.29 is 52.7 Å². The van der Waals surface area contributed by atoms with Gasteiger partial charge in [-0.1, -0.05) is 60.1 Å². The fourth-order valence-electron chi connectivity index (χ4n) is 9.58. The highest BCUT2D eigenvalue weighted by molar-refractivity contribution is 8.77. The Morgan fingerprint density at radius 1 is 0.825 bits per heavy atom. The summed E-state index contributed by atoms with van der Waals surface area (Å²) in [5.74, 6) is -8.41. The van der Waals surface area contributed by atoms with Gasteiger partial charge in [0.2, 0.25) is 65.0 Å². The zero-order chi connectivity index (χ0) is 58.9. The fraction of sp³-hybridized carbons (Fsp3) is 0.608. The number of amides is 11. The van der Waals surface area contributed by atoms with E-state index in [2.05, 4.69) is 47.2 Å². The van der Waals surface area contributed by atoms with Gasteiger partial charge >= 0.3 is 0 Å². The number of rotatable bonds is 19. The second-order valence-electron chi connectivity index (χ2n) is 20.9. The van der Waals surface area contributed by atoms with Crippen LogP contribution in [0.5, 0.6) is 0 Å². The maximum absolute atomic E-state index is 15.3. The van der Waals surface area contributed by atoms with E-state index in [4.69, 9.17) is 28.7 Å². The van der Waals surface area contributed by atoms with Crippen molar-refractivity contribution in [3.8, 4) is 0 Å². The van der Waals surface area contributed by atoms with Crippen LogP contribution in [0, 0.1) is 5.92 Å². The quantitative estimate of drug-likeness (QED) is 0.0322. The molecule has 8 atom stereocenters. The molecule has 80 heavy (non-hydrogen) atoms. The summed E-state index contributed by atoms with van der Waals surface area (Å²) in [6, 6.07) is -2.38. The Bertz CT molecular complexity index is 2640. The van der Waals surface area contributed by atoms with Crippen LogP contribution in [-0.4, -0.2) is 164 Å². The molecule has 1 aromatic carbocycles. The Morgan fingerprint density at radius 2 is 1.50 bits per heavy atom. The summed E-state index contributed by atoms with van der Waals surface area (Å²) >= 11 is 1.70. The summed E-state index contributed by atoms with van der Waals surface area (Å²) < 4.78 is -2.12. The van der Waals surface area contributed by atoms with E-state index in [1.54, 1.807) is 45.7 Å². The lowest BCUT2D eigenvalue weighted by Gasteiger charge is -2.41. The highest BCUT2D eigenvalue weighted by Crippen LogP contribution is 2.52. The molecule has 0 radical (unpaired) electrons. The van der Waals surface area contributed by atoms with Crippen molar-refractivity contribution in [2.75, 3.05) is 31.1 Å². The van der Waals surface area contributed by atoms with Crippen LogP contribution in [0.15, 0.2) is 35.5 Å². The lowest BCUT2D eigenvalue weighted by atomic mass is 9.95. The average Bonchev–Trinajstić information content (AvgIpc) is 4.16. The van der Waals surface area contributed by atoms with Crippen LogP contribution in [0.4, 0.5) is 0 Å². The highest BCUT2D eigenvalue weighted by Gasteiger charge is 2.48. The van der Waals surface area contributed by atoms with E-state index in [1.807, 2.05) is 24.3 Å². The van der Waals surface area contributed by atoms with Crippen LogP contribution >= 0.6 is 33.3 Å². The number of hydrogen-bond donors (Lipinski definition) is 13. The Labute approximate surface area is 476 Å². The van der Waals surface area contributed by atoms with Gasteiger partial charge in [0.05, 0.1) is 13.0 Å². The molecule has 3 saturated heterocycles. The van der Waals surface area contributed by atoms with E-state index in [9.17, 15) is 47.9 Å². The first kappa shape index (κ1) is 64.1. The molecule has 0 aliphatic carbocycles. The molecular weight excluding hydrogens is 1090 g/mol. The number of carbonyl (C=O) groups excluding carboxylic acids is 11. The molecule has 2 aromatic rings. The number of likely N-dealkylation sites (tertiary alicyclic amines) is 1. The second-order valence-corrected chi connectivity index (χ2v) is 25.4. The van der Waals surface area contributed by atoms with E-state index in [-0.39, 0.29) is 57.6 Å². The summed E-state index contributed by atoms with van der Waals surface area (Å²) in [7, 11) is 2.55. The number of hydrogen-bond acceptors (Lipinski definition) is 15. The molecule has 3 aliphatic rings. The number of carbonyl (C=O) groups is 11. The number of para-hydroxylation sites is 1. The molecule has 3 aliphatic heterocycles. The van der Waals surface area contributed by atoms with Crippen molar-refractivity contribution in [2.45, 2.75) is 157 Å². The first-order valence-electron chi connectivity index (χ1n) is 26.6. The van der Waals surface area contributed by atoms with E-state index >= 15 is 4.79 Å². The minimum Gasteiger partial charge on any atom is -0.370 e. The van der Waals surface area contributed by atoms with Crippen LogP contribution in [0.2, 0.25) is 0 Å². The average molecular weight is 1170 g/mol. The molecule has 1 spiro atoms. The standard InChI is InChI=1S/C51H77N15O11S3/c1-5-27(2)40-47(76)62-32(14-15-36(52)67)43(72)63-34(23-37(53)68)45(74)65-41(48(77)66-19-9-13-35(66)46(75)61-31(12-8-18-57-49(55)56)42(71)59-26-38(54)69)50(3,4)79-80-51(16-20-78-21-17-51)24-39(70)60-33(44(73)64-40)22-28-25-58-30-11-7-6-10-29(28)30/h6-7,10-11,25,27,31-35,40-41,58H,5,8-9,12-24,26H2,1-4H3,(H2,52,67)(H2,53,68)(H2,54,69)(H,59,71)(H,60,70)(H,61,75)(H,62,76)(H,63,72)(H,64,73)(H,65,74)(H4,55,56,57)/t27-,31-,32-,33+,34-,35-,40-,41+/m0/s1. The van der Waals surface area contributed by atoms with Crippen LogP contribution in [0.3, 0.4) is 0 Å². The van der Waals surface area contributed by atoms with Crippen molar-refractivity contribution >= 4 is 115 Å². The van der Waals surface area contributed by atoms with Gasteiger partial charge in [-0.25, -0.2) is 0 Å². The summed E-state index contributed by atoms with van der Waals surface area (Å²) in [5.41, 5.74) is 28.9. The van der Waals surface area contributed by atoms with E-state index in [0.717, 1.165) is 10.9 Å². The van der Waals surface area contributed by atoms with Gasteiger partial charge < -0.3 is 75.8 Å². The number of primary amides is 3. The molecule has 1 aromatic heterocycles. The number of nitrogens with one attached hydrogen (secondary N) is 8. The third-order valence-electron chi connectivity index (χ3n) is 14.3. The molecule has 5 rings (SSSR count). The Balaban J connectivity index is 1.58. The molecule has 0 bridgehead atoms. The number of fused-ring (bicyclic) bond motifs is 1. The predicted molar refractivity (Wildman–Crippen MR) is 305 cm³/mol. The van der Waals surface area contributed by atoms with Gasteiger partial charge in [0.15, 0.2) is 5.96 Å². The van der Waals surface area contributed by atoms with Gasteiger partial charge in [0, 0.05) is 58.9 Å². The highest BCUT2D eigenvalue weighted by atomic mass is 33.1. The maximum atomic E-state index is 15.3. The van der Waals surface area contributed by atoms with Crippen LogP contribution in [0.1, 0.15) is 104 Å². The molecule has 26 nitrogen and oxygen atoms in total. The number of aliphatic imine (C=N–C) groups is 1. The van der Waals surface area contributed by atoms with Crippen molar-refractivity contribution in [3.63, 3.8) is 0 Å². The fourth-order valence-corrected chi connectivity index (χ4v) is 14.5. The molecule has 11 amide bonds. The van der Waals surface area contributed by atoms with Gasteiger partial charge in [-0.05, 0) is 87.8 Å². The second kappa shape index (κ2) is 29.6. The van der Waals surface area contributed by atoms with Gasteiger partial charge in [-0.15, -0.1) is 0 Å². The zero-order valence-corrected chi connectivity index (χ0v) is 48.0. The molecule has 29 heteroatoms. The first-order valence-corrected chi connectivity index (χ1v) is 29.9. The van der Waals surface area contributed by atoms with Crippen molar-refractivity contribution in [1.29, 1.82) is 0 Å². The molecule has 0 unspecified atom stereocenters. The summed E-state index contributed by atoms with van der Waals surface area (Å²) in [6.45, 7) is 6.46. The van der Waals surface area contributed by atoms with Crippen LogP contribution in [0.25, 0.3) is 10.9 Å². The maximum Gasteiger partial charge on any atom is 0.247 e. The van der Waals surface area contributed by atoms with Crippen LogP contribution in [-0.2, 0) is 59.2 Å². The predicted octanol–water partition coefficient (Wildman–Crippen LogP) is -1.72. The third-order valence-corrected chi connectivity index (χ3v) is 19.5. The van der Waals surface area contributed by atoms with Crippen LogP contribution < -0.4 is 65.9 Å². The monoisotopic (exact) mass is 1170 g/mol. The van der Waals surface area contributed by atoms with Crippen molar-refractivity contribution in [3.05, 3.63) is 36.0 Å². The molecule has 4 heterocycles. The Kier molecular flexibility index (Phi) is 23.7. The largest absolute Gasteiger partial charge is 0.370 e. The van der Waals surface area contributed by atoms with Gasteiger partial charge in [0.25, 0.3) is 0 Å². The first-order chi connectivity index (χ1) is 37.8. The number of H-pyrrole nitrogens is 1. The van der Waals surface area contributed by atoms with Crippen molar-refractivity contribution in [2.24, 2.45) is 39.6 Å². The minimum atomic E-state index is -1.78. The topological polar surface area (TPSA) is 433 Å². The lowest BCUT2D eigenvalue weighted by molar-refractivity contribution is -0.143. The Morgan fingerprint density at radius 3 is 2.16 bits per heavy atom. The third kappa shape index (κ3) is 18.4. The number of nitrogens with zero attached hydrogens (tertiary/aromatic N) is 2. The zero-order valence-electron chi connectivity index (χ0n) is 45.5. The number of guanidine groups is 1. The van der Waals surface area contributed by atoms with Crippen molar-refractivity contribution in [1.82, 2.24) is 47.1 Å². The number of aromatic nitrogens is 1. The van der Waals surface area contributed by atoms with E-state index in [1.165, 1.54) is 26.5 Å². The number of nitrogens with two attached hydrogens (primary N) is 5. The lowest BCUT2D eigenvalue weighted by Crippen LogP contribution is -2.64. The number of benzene rings is 1. The molecule has 0 saturated carbocycles. The van der Waals surface area contributed by atoms with Gasteiger partial charge in [0.1, 0.15) is 42.3 Å². The van der Waals surface area contributed by atoms with E-state index in [0.29, 0.717) is 42.8 Å². The molecule has 3 fully saturated rings. The smallest absolute Gasteiger partial charge is 0.247 e. The van der Waals surface area contributed by atoms with Gasteiger partial charge in [-0.2, -0.15) is 11.8 Å². The van der Waals surface area contributed by atoms with E-state index < -0.39 is 142 Å². The Hall–Kier alpha value is -6.75. The number of thioether (sulfide) groups is 1. The number of aromatic amines is 1. The summed E-state index contributed by atoms with van der Waals surface area (Å²) in [4.78, 5) is 161. The molecular formula is C51H77N15O11S3. The normalized spacial score (nSPS) is 23.9. The molecule has 440 valence electrons. The minimum absolute atomic E-state index is 0.0146. The van der Waals surface area contributed by atoms with Gasteiger partial charge in [-0.3, -0.25) is 57.7 Å². The summed E-state index contributed by atoms with van der Waals surface area (Å²) in [6.07, 6.45) is 2.18.